The largest absolute Gasteiger partial charge is 0.435 e. The molecule has 0 radical (unpaired) electrons. The first-order chi connectivity index (χ1) is 14.0. The Morgan fingerprint density at radius 3 is 2.62 bits per heavy atom. The molecule has 10 heteroatoms. The summed E-state index contributed by atoms with van der Waals surface area (Å²) in [7, 11) is 0. The number of oxazole rings is 1. The Morgan fingerprint density at radius 2 is 1.86 bits per heavy atom. The average Bonchev–Trinajstić information content (AvgIpc) is 3.05. The molecule has 2 aromatic carbocycles. The van der Waals surface area contributed by atoms with Crippen molar-refractivity contribution in [3.05, 3.63) is 64.8 Å². The molecule has 2 heterocycles. The van der Waals surface area contributed by atoms with Gasteiger partial charge in [-0.3, -0.25) is 4.98 Å². The monoisotopic (exact) mass is 399 g/mol. The lowest BCUT2D eigenvalue weighted by atomic mass is 10.2. The Morgan fingerprint density at radius 1 is 1.10 bits per heavy atom. The second-order valence-electron chi connectivity index (χ2n) is 6.10. The van der Waals surface area contributed by atoms with Gasteiger partial charge in [-0.1, -0.05) is 0 Å². The normalized spacial score (nSPS) is 11.0. The van der Waals surface area contributed by atoms with Gasteiger partial charge in [-0.2, -0.15) is 13.8 Å². The van der Waals surface area contributed by atoms with Crippen LogP contribution in [0.15, 0.2) is 57.9 Å². The number of alkyl halides is 2. The van der Waals surface area contributed by atoms with Crippen molar-refractivity contribution in [2.75, 3.05) is 10.6 Å². The SMILES string of the molecule is Cc1cnc(Nc2ccc(OC(F)F)cc2)nc1Nc1ccc2oc(=O)[nH]c2c1. The number of hydrogen-bond acceptors (Lipinski definition) is 7. The topological polar surface area (TPSA) is 105 Å². The molecule has 2 aromatic heterocycles. The van der Waals surface area contributed by atoms with E-state index in [1.54, 1.807) is 36.5 Å². The lowest BCUT2D eigenvalue weighted by Gasteiger charge is -2.11. The van der Waals surface area contributed by atoms with Gasteiger partial charge in [-0.15, -0.1) is 0 Å². The first-order valence-corrected chi connectivity index (χ1v) is 8.52. The molecule has 0 spiro atoms. The van der Waals surface area contributed by atoms with E-state index < -0.39 is 12.4 Å². The van der Waals surface area contributed by atoms with Crippen molar-refractivity contribution >= 4 is 34.2 Å². The molecule has 3 N–H and O–H groups in total. The highest BCUT2D eigenvalue weighted by Gasteiger charge is 2.08. The molecule has 4 aromatic rings. The number of aromatic nitrogens is 3. The lowest BCUT2D eigenvalue weighted by Crippen LogP contribution is -2.03. The van der Waals surface area contributed by atoms with Crippen LogP contribution in [0.2, 0.25) is 0 Å². The number of rotatable bonds is 6. The predicted molar refractivity (Wildman–Crippen MR) is 103 cm³/mol. The van der Waals surface area contributed by atoms with Crippen LogP contribution < -0.4 is 21.1 Å². The summed E-state index contributed by atoms with van der Waals surface area (Å²) >= 11 is 0. The van der Waals surface area contributed by atoms with Crippen LogP contribution in [0.5, 0.6) is 5.75 Å². The number of H-pyrrole nitrogens is 1. The van der Waals surface area contributed by atoms with Gasteiger partial charge in [0, 0.05) is 23.1 Å². The van der Waals surface area contributed by atoms with Crippen LogP contribution in [0.1, 0.15) is 5.56 Å². The number of ether oxygens (including phenoxy) is 1. The van der Waals surface area contributed by atoms with Crippen LogP contribution in [0.25, 0.3) is 11.1 Å². The molecule has 8 nitrogen and oxygen atoms in total. The number of hydrogen-bond donors (Lipinski definition) is 3. The summed E-state index contributed by atoms with van der Waals surface area (Å²) in [5.41, 5.74) is 3.14. The van der Waals surface area contributed by atoms with E-state index >= 15 is 0 Å². The van der Waals surface area contributed by atoms with E-state index in [4.69, 9.17) is 4.42 Å². The number of fused-ring (bicyclic) bond motifs is 1. The van der Waals surface area contributed by atoms with Crippen LogP contribution in [0.3, 0.4) is 0 Å². The molecule has 0 bridgehead atoms. The number of halogens is 2. The van der Waals surface area contributed by atoms with Gasteiger partial charge in [0.1, 0.15) is 11.6 Å². The summed E-state index contributed by atoms with van der Waals surface area (Å²) in [6.07, 6.45) is 1.64. The van der Waals surface area contributed by atoms with E-state index in [0.717, 1.165) is 5.56 Å². The fourth-order valence-electron chi connectivity index (χ4n) is 2.64. The number of aromatic amines is 1. The molecule has 0 amide bonds. The van der Waals surface area contributed by atoms with Gasteiger partial charge < -0.3 is 19.8 Å². The zero-order valence-electron chi connectivity index (χ0n) is 15.1. The summed E-state index contributed by atoms with van der Waals surface area (Å²) < 4.78 is 33.8. The van der Waals surface area contributed by atoms with Crippen molar-refractivity contribution in [1.29, 1.82) is 0 Å². The van der Waals surface area contributed by atoms with Gasteiger partial charge in [0.2, 0.25) is 5.95 Å². The summed E-state index contributed by atoms with van der Waals surface area (Å²) in [5, 5.41) is 6.18. The smallest absolute Gasteiger partial charge is 0.417 e. The quantitative estimate of drug-likeness (QED) is 0.444. The molecule has 0 saturated heterocycles. The highest BCUT2D eigenvalue weighted by atomic mass is 19.3. The standard InChI is InChI=1S/C19H15F2N5O3/c1-10-9-22-18(24-11-2-5-13(6-3-11)28-17(20)21)26-16(10)23-12-4-7-15-14(8-12)25-19(27)29-15/h2-9,17H,1H3,(H,25,27)(H2,22,23,24,26). The van der Waals surface area contributed by atoms with Crippen LogP contribution in [0.4, 0.5) is 31.9 Å². The zero-order valence-corrected chi connectivity index (χ0v) is 15.1. The Labute approximate surface area is 162 Å². The van der Waals surface area contributed by atoms with Crippen molar-refractivity contribution < 1.29 is 17.9 Å². The molecular formula is C19H15F2N5O3. The average molecular weight is 399 g/mol. The Hall–Kier alpha value is -3.95. The summed E-state index contributed by atoms with van der Waals surface area (Å²) in [6.45, 7) is -1.03. The maximum atomic E-state index is 12.2. The third-order valence-electron chi connectivity index (χ3n) is 3.99. The van der Waals surface area contributed by atoms with Crippen molar-refractivity contribution in [3.8, 4) is 5.75 Å². The second kappa shape index (κ2) is 7.58. The van der Waals surface area contributed by atoms with Crippen molar-refractivity contribution in [2.45, 2.75) is 13.5 Å². The fourth-order valence-corrected chi connectivity index (χ4v) is 2.64. The molecule has 0 fully saturated rings. The fraction of sp³-hybridized carbons (Fsp3) is 0.105. The minimum absolute atomic E-state index is 0.0606. The zero-order chi connectivity index (χ0) is 20.4. The summed E-state index contributed by atoms with van der Waals surface area (Å²) in [5.74, 6) is 0.418. The molecule has 0 aliphatic heterocycles. The first-order valence-electron chi connectivity index (χ1n) is 8.52. The number of nitrogens with zero attached hydrogens (tertiary/aromatic N) is 2. The van der Waals surface area contributed by atoms with Gasteiger partial charge in [0.05, 0.1) is 5.52 Å². The van der Waals surface area contributed by atoms with E-state index in [-0.39, 0.29) is 5.75 Å². The van der Waals surface area contributed by atoms with Gasteiger partial charge in [-0.25, -0.2) is 9.78 Å². The van der Waals surface area contributed by atoms with Crippen molar-refractivity contribution in [1.82, 2.24) is 15.0 Å². The molecule has 0 aliphatic carbocycles. The van der Waals surface area contributed by atoms with E-state index in [9.17, 15) is 13.6 Å². The van der Waals surface area contributed by atoms with Crippen LogP contribution in [-0.2, 0) is 0 Å². The highest BCUT2D eigenvalue weighted by molar-refractivity contribution is 5.78. The maximum Gasteiger partial charge on any atom is 0.417 e. The molecule has 148 valence electrons. The molecular weight excluding hydrogens is 384 g/mol. The predicted octanol–water partition coefficient (Wildman–Crippen LogP) is 4.31. The molecule has 29 heavy (non-hydrogen) atoms. The lowest BCUT2D eigenvalue weighted by molar-refractivity contribution is -0.0498. The van der Waals surface area contributed by atoms with Crippen LogP contribution in [0, 0.1) is 6.92 Å². The van der Waals surface area contributed by atoms with Crippen LogP contribution >= 0.6 is 0 Å². The molecule has 0 aliphatic rings. The van der Waals surface area contributed by atoms with E-state index in [0.29, 0.717) is 34.2 Å². The molecule has 0 unspecified atom stereocenters. The molecule has 0 atom stereocenters. The Bertz CT molecular complexity index is 1200. The van der Waals surface area contributed by atoms with Crippen molar-refractivity contribution in [2.24, 2.45) is 0 Å². The number of anilines is 4. The van der Waals surface area contributed by atoms with Crippen molar-refractivity contribution in [3.63, 3.8) is 0 Å². The summed E-state index contributed by atoms with van der Waals surface area (Å²) in [6, 6.07) is 11.2. The van der Waals surface area contributed by atoms with Gasteiger partial charge in [0.15, 0.2) is 5.58 Å². The minimum atomic E-state index is -2.87. The molecule has 0 saturated carbocycles. The van der Waals surface area contributed by atoms with E-state index in [2.05, 4.69) is 30.3 Å². The van der Waals surface area contributed by atoms with Gasteiger partial charge in [-0.05, 0) is 49.4 Å². The third kappa shape index (κ3) is 4.32. The number of benzene rings is 2. The Balaban J connectivity index is 1.52. The van der Waals surface area contributed by atoms with Crippen LogP contribution in [-0.4, -0.2) is 21.6 Å². The van der Waals surface area contributed by atoms with E-state index in [1.807, 2.05) is 6.92 Å². The maximum absolute atomic E-state index is 12.2. The highest BCUT2D eigenvalue weighted by Crippen LogP contribution is 2.24. The van der Waals surface area contributed by atoms with Gasteiger partial charge >= 0.3 is 12.4 Å². The minimum Gasteiger partial charge on any atom is -0.435 e. The molecule has 4 rings (SSSR count). The first kappa shape index (κ1) is 18.4. The third-order valence-corrected chi connectivity index (χ3v) is 3.99. The van der Waals surface area contributed by atoms with Gasteiger partial charge in [0.25, 0.3) is 0 Å². The Kier molecular flexibility index (Phi) is 4.82. The number of nitrogens with one attached hydrogen (secondary N) is 3. The summed E-state index contributed by atoms with van der Waals surface area (Å²) in [4.78, 5) is 22.5. The van der Waals surface area contributed by atoms with E-state index in [1.165, 1.54) is 12.1 Å². The number of aryl methyl sites for hydroxylation is 1. The second-order valence-corrected chi connectivity index (χ2v) is 6.10.